The van der Waals surface area contributed by atoms with Gasteiger partial charge in [-0.15, -0.1) is 12.4 Å². The molecule has 0 aliphatic rings. The Hall–Kier alpha value is -2.32. The summed E-state index contributed by atoms with van der Waals surface area (Å²) in [5, 5.41) is 5.27. The average Bonchev–Trinajstić information content (AvgIpc) is 2.65. The minimum Gasteiger partial charge on any atom is -0.495 e. The number of carbonyl (C=O) groups is 3. The van der Waals surface area contributed by atoms with Gasteiger partial charge in [0.15, 0.2) is 0 Å². The van der Waals surface area contributed by atoms with Crippen LogP contribution in [0.1, 0.15) is 27.2 Å². The highest BCUT2D eigenvalue weighted by Crippen LogP contribution is 2.22. The number of carbonyl (C=O) groups excluding carboxylic acids is 3. The molecule has 0 bridgehead atoms. The predicted molar refractivity (Wildman–Crippen MR) is 112 cm³/mol. The van der Waals surface area contributed by atoms with E-state index in [2.05, 4.69) is 10.6 Å². The van der Waals surface area contributed by atoms with Crippen molar-refractivity contribution < 1.29 is 19.1 Å². The van der Waals surface area contributed by atoms with Gasteiger partial charge >= 0.3 is 0 Å². The van der Waals surface area contributed by atoms with E-state index < -0.39 is 6.04 Å². The highest BCUT2D eigenvalue weighted by Gasteiger charge is 2.21. The third-order valence-electron chi connectivity index (χ3n) is 4.00. The van der Waals surface area contributed by atoms with Crippen molar-refractivity contribution in [3.05, 3.63) is 24.3 Å². The summed E-state index contributed by atoms with van der Waals surface area (Å²) in [7, 11) is 1.52. The molecule has 0 radical (unpaired) electrons. The fourth-order valence-electron chi connectivity index (χ4n) is 2.37. The van der Waals surface area contributed by atoms with E-state index in [1.165, 1.54) is 12.0 Å². The average molecular weight is 415 g/mol. The number of ether oxygens (including phenoxy) is 1. The summed E-state index contributed by atoms with van der Waals surface area (Å²) >= 11 is 0. The summed E-state index contributed by atoms with van der Waals surface area (Å²) in [6, 6.07) is 6.35. The van der Waals surface area contributed by atoms with Crippen LogP contribution in [0.4, 0.5) is 5.69 Å². The van der Waals surface area contributed by atoms with Crippen LogP contribution in [0.3, 0.4) is 0 Å². The van der Waals surface area contributed by atoms with E-state index in [9.17, 15) is 14.4 Å². The summed E-state index contributed by atoms with van der Waals surface area (Å²) in [6.45, 7) is 5.67. The number of hydrogen-bond acceptors (Lipinski definition) is 5. The molecule has 3 amide bonds. The number of amides is 3. The van der Waals surface area contributed by atoms with Crippen molar-refractivity contribution in [2.75, 3.05) is 32.1 Å². The highest BCUT2D eigenvalue weighted by molar-refractivity contribution is 5.96. The fourth-order valence-corrected chi connectivity index (χ4v) is 2.37. The molecule has 0 unspecified atom stereocenters. The van der Waals surface area contributed by atoms with Gasteiger partial charge in [-0.25, -0.2) is 0 Å². The van der Waals surface area contributed by atoms with Crippen LogP contribution < -0.4 is 21.1 Å². The summed E-state index contributed by atoms with van der Waals surface area (Å²) in [6.07, 6.45) is 0.688. The zero-order valence-electron chi connectivity index (χ0n) is 16.9. The molecule has 0 saturated heterocycles. The van der Waals surface area contributed by atoms with Crippen LogP contribution in [0.15, 0.2) is 24.3 Å². The quantitative estimate of drug-likeness (QED) is 0.535. The van der Waals surface area contributed by atoms with Crippen LogP contribution in [0.25, 0.3) is 0 Å². The van der Waals surface area contributed by atoms with Crippen LogP contribution in [-0.4, -0.2) is 55.4 Å². The molecule has 0 aliphatic heterocycles. The van der Waals surface area contributed by atoms with E-state index in [0.717, 1.165) is 0 Å². The molecular formula is C19H31ClN4O4. The van der Waals surface area contributed by atoms with Crippen molar-refractivity contribution in [1.82, 2.24) is 10.2 Å². The van der Waals surface area contributed by atoms with Gasteiger partial charge in [0.25, 0.3) is 0 Å². The molecule has 1 aromatic rings. The summed E-state index contributed by atoms with van der Waals surface area (Å²) < 4.78 is 5.20. The van der Waals surface area contributed by atoms with E-state index in [4.69, 9.17) is 10.5 Å². The number of hydrogen-bond donors (Lipinski definition) is 3. The molecule has 158 valence electrons. The minimum absolute atomic E-state index is 0. The van der Waals surface area contributed by atoms with E-state index >= 15 is 0 Å². The zero-order chi connectivity index (χ0) is 20.4. The van der Waals surface area contributed by atoms with Gasteiger partial charge in [0.2, 0.25) is 17.7 Å². The van der Waals surface area contributed by atoms with Crippen molar-refractivity contribution in [2.24, 2.45) is 11.7 Å². The van der Waals surface area contributed by atoms with Crippen LogP contribution in [0, 0.1) is 5.92 Å². The third-order valence-corrected chi connectivity index (χ3v) is 4.00. The molecule has 1 aromatic carbocycles. The zero-order valence-corrected chi connectivity index (χ0v) is 17.7. The van der Waals surface area contributed by atoms with Gasteiger partial charge in [-0.3, -0.25) is 14.4 Å². The summed E-state index contributed by atoms with van der Waals surface area (Å²) in [5.41, 5.74) is 6.29. The van der Waals surface area contributed by atoms with Crippen molar-refractivity contribution >= 4 is 35.8 Å². The van der Waals surface area contributed by atoms with Crippen LogP contribution in [-0.2, 0) is 14.4 Å². The van der Waals surface area contributed by atoms with Crippen LogP contribution >= 0.6 is 12.4 Å². The number of rotatable bonds is 10. The number of nitrogens with zero attached hydrogens (tertiary/aromatic N) is 1. The number of nitrogens with two attached hydrogens (primary N) is 1. The molecule has 8 nitrogen and oxygen atoms in total. The Kier molecular flexibility index (Phi) is 11.9. The van der Waals surface area contributed by atoms with Gasteiger partial charge in [0, 0.05) is 6.54 Å². The Morgan fingerprint density at radius 2 is 1.86 bits per heavy atom. The first-order valence-corrected chi connectivity index (χ1v) is 9.04. The normalized spacial score (nSPS) is 11.2. The number of methoxy groups -OCH3 is 1. The molecule has 0 saturated carbocycles. The van der Waals surface area contributed by atoms with E-state index in [-0.39, 0.29) is 49.1 Å². The number of halogens is 1. The van der Waals surface area contributed by atoms with Crippen LogP contribution in [0.5, 0.6) is 5.75 Å². The molecule has 0 spiro atoms. The van der Waals surface area contributed by atoms with Crippen LogP contribution in [0.2, 0.25) is 0 Å². The molecule has 9 heteroatoms. The maximum atomic E-state index is 12.4. The Morgan fingerprint density at radius 3 is 2.43 bits per heavy atom. The minimum atomic E-state index is -0.675. The van der Waals surface area contributed by atoms with Gasteiger partial charge in [0.05, 0.1) is 31.9 Å². The molecule has 28 heavy (non-hydrogen) atoms. The Labute approximate surface area is 172 Å². The Morgan fingerprint density at radius 1 is 1.21 bits per heavy atom. The highest BCUT2D eigenvalue weighted by atomic mass is 35.5. The van der Waals surface area contributed by atoms with Crippen molar-refractivity contribution in [3.8, 4) is 5.75 Å². The number of anilines is 1. The molecule has 1 atom stereocenters. The Bertz CT molecular complexity index is 655. The second kappa shape index (κ2) is 13.0. The van der Waals surface area contributed by atoms with Gasteiger partial charge in [-0.05, 0) is 24.5 Å². The van der Waals surface area contributed by atoms with Gasteiger partial charge in [-0.2, -0.15) is 0 Å². The maximum absolute atomic E-state index is 12.4. The maximum Gasteiger partial charge on any atom is 0.244 e. The van der Waals surface area contributed by atoms with E-state index in [0.29, 0.717) is 24.4 Å². The molecule has 0 heterocycles. The molecule has 1 rings (SSSR count). The van der Waals surface area contributed by atoms with E-state index in [1.54, 1.807) is 24.3 Å². The van der Waals surface area contributed by atoms with Gasteiger partial charge < -0.3 is 26.0 Å². The van der Waals surface area contributed by atoms with Crippen molar-refractivity contribution in [2.45, 2.75) is 33.2 Å². The number of nitrogens with one attached hydrogen (secondary N) is 2. The SMILES string of the molecule is CCCN(CC(=O)Nc1ccccc1OC)C(=O)CNC(=O)[C@@H](N)C(C)C.Cl. The first kappa shape index (κ1) is 25.7. The third kappa shape index (κ3) is 8.14. The lowest BCUT2D eigenvalue weighted by atomic mass is 10.1. The van der Waals surface area contributed by atoms with Crippen molar-refractivity contribution in [1.29, 1.82) is 0 Å². The molecule has 0 aliphatic carbocycles. The molecular weight excluding hydrogens is 384 g/mol. The lowest BCUT2D eigenvalue weighted by molar-refractivity contribution is -0.135. The molecule has 4 N–H and O–H groups in total. The van der Waals surface area contributed by atoms with Crippen molar-refractivity contribution in [3.63, 3.8) is 0 Å². The van der Waals surface area contributed by atoms with Gasteiger partial charge in [0.1, 0.15) is 5.75 Å². The molecule has 0 aromatic heterocycles. The first-order chi connectivity index (χ1) is 12.8. The lowest BCUT2D eigenvalue weighted by Gasteiger charge is -2.23. The predicted octanol–water partition coefficient (Wildman–Crippen LogP) is 1.39. The first-order valence-electron chi connectivity index (χ1n) is 9.04. The second-order valence-corrected chi connectivity index (χ2v) is 6.55. The lowest BCUT2D eigenvalue weighted by Crippen LogP contribution is -2.49. The fraction of sp³-hybridized carbons (Fsp3) is 0.526. The van der Waals surface area contributed by atoms with E-state index in [1.807, 2.05) is 20.8 Å². The Balaban J connectivity index is 0.00000729. The topological polar surface area (TPSA) is 114 Å². The number of benzene rings is 1. The summed E-state index contributed by atoms with van der Waals surface area (Å²) in [5.74, 6) is -0.552. The second-order valence-electron chi connectivity index (χ2n) is 6.55. The number of para-hydroxylation sites is 2. The standard InChI is InChI=1S/C19H30N4O4.ClH/c1-5-10-23(17(25)11-21-19(26)18(20)13(2)3)12-16(24)22-14-8-6-7-9-15(14)27-4;/h6-9,13,18H,5,10-12,20H2,1-4H3,(H,21,26)(H,22,24);1H/t18-;/m0./s1. The molecule has 0 fully saturated rings. The summed E-state index contributed by atoms with van der Waals surface area (Å²) in [4.78, 5) is 38.1. The van der Waals surface area contributed by atoms with Gasteiger partial charge in [-0.1, -0.05) is 32.9 Å². The smallest absolute Gasteiger partial charge is 0.244 e. The monoisotopic (exact) mass is 414 g/mol. The largest absolute Gasteiger partial charge is 0.495 e.